The molecule has 0 fully saturated rings. The molecule has 116 valence electrons. The summed E-state index contributed by atoms with van der Waals surface area (Å²) in [7, 11) is 0. The molecule has 0 saturated carbocycles. The van der Waals surface area contributed by atoms with E-state index in [1.54, 1.807) is 31.2 Å². The van der Waals surface area contributed by atoms with Crippen molar-refractivity contribution < 1.29 is 18.1 Å². The maximum Gasteiger partial charge on any atom is 0.257 e. The van der Waals surface area contributed by atoms with Gasteiger partial charge < -0.3 is 9.84 Å². The third-order valence-electron chi connectivity index (χ3n) is 3.04. The second kappa shape index (κ2) is 5.96. The first-order valence-corrected chi connectivity index (χ1v) is 6.69. The van der Waals surface area contributed by atoms with Gasteiger partial charge in [-0.05, 0) is 43.3 Å². The average Bonchev–Trinajstić information content (AvgIpc) is 2.93. The molecule has 1 heterocycles. The van der Waals surface area contributed by atoms with Crippen molar-refractivity contribution in [1.29, 1.82) is 0 Å². The highest BCUT2D eigenvalue weighted by atomic mass is 19.1. The van der Waals surface area contributed by atoms with Crippen LogP contribution in [0.2, 0.25) is 0 Å². The molecule has 0 spiro atoms. The van der Waals surface area contributed by atoms with Gasteiger partial charge in [-0.1, -0.05) is 5.16 Å². The van der Waals surface area contributed by atoms with Gasteiger partial charge in [0.25, 0.3) is 11.8 Å². The zero-order valence-electron chi connectivity index (χ0n) is 12.0. The van der Waals surface area contributed by atoms with E-state index in [2.05, 4.69) is 15.5 Å². The highest BCUT2D eigenvalue weighted by Gasteiger charge is 2.10. The van der Waals surface area contributed by atoms with E-state index in [0.29, 0.717) is 22.8 Å². The van der Waals surface area contributed by atoms with Gasteiger partial charge in [0, 0.05) is 22.9 Å². The van der Waals surface area contributed by atoms with E-state index in [1.165, 1.54) is 0 Å². The number of nitrogens with one attached hydrogen (secondary N) is 1. The van der Waals surface area contributed by atoms with Gasteiger partial charge in [0.2, 0.25) is 0 Å². The molecule has 1 aromatic heterocycles. The zero-order chi connectivity index (χ0) is 16.4. The van der Waals surface area contributed by atoms with Crippen molar-refractivity contribution >= 4 is 11.6 Å². The van der Waals surface area contributed by atoms with E-state index in [1.807, 2.05) is 0 Å². The van der Waals surface area contributed by atoms with Crippen LogP contribution in [0, 0.1) is 18.6 Å². The molecule has 7 heteroatoms. The first-order valence-electron chi connectivity index (χ1n) is 6.69. The van der Waals surface area contributed by atoms with Crippen molar-refractivity contribution in [2.24, 2.45) is 0 Å². The monoisotopic (exact) mass is 315 g/mol. The van der Waals surface area contributed by atoms with Crippen LogP contribution < -0.4 is 5.32 Å². The lowest BCUT2D eigenvalue weighted by Crippen LogP contribution is -2.12. The Balaban J connectivity index is 1.77. The first kappa shape index (κ1) is 14.8. The van der Waals surface area contributed by atoms with Crippen LogP contribution in [0.25, 0.3) is 11.5 Å². The van der Waals surface area contributed by atoms with Gasteiger partial charge in [0.15, 0.2) is 5.82 Å². The van der Waals surface area contributed by atoms with Gasteiger partial charge >= 0.3 is 0 Å². The summed E-state index contributed by atoms with van der Waals surface area (Å²) in [4.78, 5) is 16.2. The standard InChI is InChI=1S/C16H11F2N3O2/c1-9-19-16(23-21-9)11-4-2-10(3-5-11)15(22)20-14-7-12(17)6-13(18)8-14/h2-8H,1H3,(H,20,22). The molecule has 0 bridgehead atoms. The molecule has 0 aliphatic rings. The third-order valence-corrected chi connectivity index (χ3v) is 3.04. The summed E-state index contributed by atoms with van der Waals surface area (Å²) in [6.45, 7) is 1.70. The summed E-state index contributed by atoms with van der Waals surface area (Å²) < 4.78 is 31.2. The van der Waals surface area contributed by atoms with Gasteiger partial charge in [0.05, 0.1) is 0 Å². The van der Waals surface area contributed by atoms with Crippen LogP contribution in [0.5, 0.6) is 0 Å². The number of hydrogen-bond acceptors (Lipinski definition) is 4. The summed E-state index contributed by atoms with van der Waals surface area (Å²) in [5.41, 5.74) is 1.04. The van der Waals surface area contributed by atoms with Crippen molar-refractivity contribution in [3.63, 3.8) is 0 Å². The Hall–Kier alpha value is -3.09. The molecule has 23 heavy (non-hydrogen) atoms. The number of anilines is 1. The fourth-order valence-electron chi connectivity index (χ4n) is 2.01. The quantitative estimate of drug-likeness (QED) is 0.802. The van der Waals surface area contributed by atoms with Gasteiger partial charge in [-0.15, -0.1) is 0 Å². The molecule has 0 aliphatic carbocycles. The summed E-state index contributed by atoms with van der Waals surface area (Å²) in [5, 5.41) is 6.12. The topological polar surface area (TPSA) is 68.0 Å². The van der Waals surface area contributed by atoms with Crippen molar-refractivity contribution in [3.05, 3.63) is 65.5 Å². The van der Waals surface area contributed by atoms with Crippen LogP contribution >= 0.6 is 0 Å². The molecule has 1 N–H and O–H groups in total. The number of amides is 1. The summed E-state index contributed by atoms with van der Waals surface area (Å²) in [5.74, 6) is -1.15. The Labute approximate surface area is 130 Å². The smallest absolute Gasteiger partial charge is 0.257 e. The van der Waals surface area contributed by atoms with E-state index in [4.69, 9.17) is 4.52 Å². The Kier molecular flexibility index (Phi) is 3.84. The van der Waals surface area contributed by atoms with E-state index in [-0.39, 0.29) is 5.69 Å². The molecule has 0 atom stereocenters. The van der Waals surface area contributed by atoms with E-state index >= 15 is 0 Å². The van der Waals surface area contributed by atoms with Crippen molar-refractivity contribution in [1.82, 2.24) is 10.1 Å². The maximum absolute atomic E-state index is 13.1. The molecule has 0 unspecified atom stereocenters. The predicted molar refractivity (Wildman–Crippen MR) is 78.8 cm³/mol. The lowest BCUT2D eigenvalue weighted by atomic mass is 10.1. The summed E-state index contributed by atoms with van der Waals surface area (Å²) in [6, 6.07) is 9.21. The lowest BCUT2D eigenvalue weighted by molar-refractivity contribution is 0.102. The number of rotatable bonds is 3. The number of carbonyl (C=O) groups excluding carboxylic acids is 1. The largest absolute Gasteiger partial charge is 0.334 e. The fourth-order valence-corrected chi connectivity index (χ4v) is 2.01. The minimum Gasteiger partial charge on any atom is -0.334 e. The molecule has 2 aromatic carbocycles. The Morgan fingerprint density at radius 3 is 2.30 bits per heavy atom. The van der Waals surface area contributed by atoms with Crippen LogP contribution in [0.3, 0.4) is 0 Å². The van der Waals surface area contributed by atoms with E-state index < -0.39 is 17.5 Å². The van der Waals surface area contributed by atoms with Crippen molar-refractivity contribution in [2.75, 3.05) is 5.32 Å². The zero-order valence-corrected chi connectivity index (χ0v) is 12.0. The number of hydrogen-bond donors (Lipinski definition) is 1. The molecule has 0 aliphatic heterocycles. The van der Waals surface area contributed by atoms with Gasteiger partial charge in [-0.25, -0.2) is 8.78 Å². The van der Waals surface area contributed by atoms with Crippen molar-refractivity contribution in [3.8, 4) is 11.5 Å². The van der Waals surface area contributed by atoms with Crippen LogP contribution in [0.4, 0.5) is 14.5 Å². The number of benzene rings is 2. The van der Waals surface area contributed by atoms with Crippen molar-refractivity contribution in [2.45, 2.75) is 6.92 Å². The normalized spacial score (nSPS) is 10.6. The number of nitrogens with zero attached hydrogens (tertiary/aromatic N) is 2. The molecule has 3 rings (SSSR count). The van der Waals surface area contributed by atoms with Gasteiger partial charge in [0.1, 0.15) is 11.6 Å². The number of aryl methyl sites for hydroxylation is 1. The molecular formula is C16H11F2N3O2. The van der Waals surface area contributed by atoms with Gasteiger partial charge in [-0.2, -0.15) is 4.98 Å². The molecule has 0 radical (unpaired) electrons. The number of carbonyl (C=O) groups is 1. The minimum absolute atomic E-state index is 0.0455. The Morgan fingerprint density at radius 2 is 1.74 bits per heavy atom. The number of halogens is 2. The maximum atomic E-state index is 13.1. The Bertz CT molecular complexity index is 840. The average molecular weight is 315 g/mol. The molecular weight excluding hydrogens is 304 g/mol. The van der Waals surface area contributed by atoms with Crippen LogP contribution in [-0.4, -0.2) is 16.0 Å². The third kappa shape index (κ3) is 3.39. The van der Waals surface area contributed by atoms with Crippen LogP contribution in [0.1, 0.15) is 16.2 Å². The highest BCUT2D eigenvalue weighted by Crippen LogP contribution is 2.19. The molecule has 5 nitrogen and oxygen atoms in total. The SMILES string of the molecule is Cc1noc(-c2ccc(C(=O)Nc3cc(F)cc(F)c3)cc2)n1. The summed E-state index contributed by atoms with van der Waals surface area (Å²) in [6.07, 6.45) is 0. The molecule has 3 aromatic rings. The second-order valence-corrected chi connectivity index (χ2v) is 4.84. The fraction of sp³-hybridized carbons (Fsp3) is 0.0625. The Morgan fingerprint density at radius 1 is 1.09 bits per heavy atom. The highest BCUT2D eigenvalue weighted by molar-refractivity contribution is 6.04. The van der Waals surface area contributed by atoms with Gasteiger partial charge in [-0.3, -0.25) is 4.79 Å². The predicted octanol–water partition coefficient (Wildman–Crippen LogP) is 3.58. The first-order chi connectivity index (χ1) is 11.0. The lowest BCUT2D eigenvalue weighted by Gasteiger charge is -2.06. The van der Waals surface area contributed by atoms with Crippen LogP contribution in [0.15, 0.2) is 47.0 Å². The van der Waals surface area contributed by atoms with Crippen LogP contribution in [-0.2, 0) is 0 Å². The number of aromatic nitrogens is 2. The minimum atomic E-state index is -0.762. The van der Waals surface area contributed by atoms with E-state index in [0.717, 1.165) is 18.2 Å². The summed E-state index contributed by atoms with van der Waals surface area (Å²) >= 11 is 0. The molecule has 0 saturated heterocycles. The second-order valence-electron chi connectivity index (χ2n) is 4.84. The molecule has 1 amide bonds. The van der Waals surface area contributed by atoms with E-state index in [9.17, 15) is 13.6 Å².